The minimum absolute atomic E-state index is 1.23. The summed E-state index contributed by atoms with van der Waals surface area (Å²) in [6.07, 6.45) is 11.6. The minimum Gasteiger partial charge on any atom is -0.122 e. The second-order valence-electron chi connectivity index (χ2n) is 3.12. The van der Waals surface area contributed by atoms with Gasteiger partial charge in [-0.2, -0.15) is 0 Å². The summed E-state index contributed by atoms with van der Waals surface area (Å²) in [5.41, 5.74) is 0. The largest absolute Gasteiger partial charge is 0.122 e. The van der Waals surface area contributed by atoms with Crippen molar-refractivity contribution in [2.24, 2.45) is 0 Å². The highest BCUT2D eigenvalue weighted by atomic mass is 31.1. The molecule has 11 heavy (non-hydrogen) atoms. The Hall–Kier alpha value is 0.430. The third-order valence-electron chi connectivity index (χ3n) is 1.96. The maximum atomic E-state index is 2.29. The van der Waals surface area contributed by atoms with Gasteiger partial charge in [0.1, 0.15) is 0 Å². The van der Waals surface area contributed by atoms with Crippen LogP contribution >= 0.6 is 8.58 Å². The fraction of sp³-hybridized carbons (Fsp3) is 1.00. The molecule has 0 saturated carbocycles. The van der Waals surface area contributed by atoms with E-state index in [2.05, 4.69) is 13.8 Å². The molecule has 1 unspecified atom stereocenters. The SMILES string of the molecule is CCCCCCCCPCC. The van der Waals surface area contributed by atoms with E-state index >= 15 is 0 Å². The van der Waals surface area contributed by atoms with Crippen LogP contribution in [0.2, 0.25) is 0 Å². The summed E-state index contributed by atoms with van der Waals surface area (Å²) in [5.74, 6) is 0. The van der Waals surface area contributed by atoms with Gasteiger partial charge >= 0.3 is 0 Å². The van der Waals surface area contributed by atoms with E-state index in [0.29, 0.717) is 0 Å². The van der Waals surface area contributed by atoms with Gasteiger partial charge in [0.05, 0.1) is 0 Å². The second-order valence-corrected chi connectivity index (χ2v) is 4.83. The number of unbranched alkanes of at least 4 members (excludes halogenated alkanes) is 5. The number of hydrogen-bond donors (Lipinski definition) is 0. The van der Waals surface area contributed by atoms with E-state index in [1.807, 2.05) is 0 Å². The highest BCUT2D eigenvalue weighted by Gasteiger charge is 1.88. The van der Waals surface area contributed by atoms with Crippen LogP contribution in [0.4, 0.5) is 0 Å². The van der Waals surface area contributed by atoms with Gasteiger partial charge in [-0.25, -0.2) is 0 Å². The summed E-state index contributed by atoms with van der Waals surface area (Å²) in [7, 11) is 1.23. The molecule has 0 aromatic heterocycles. The van der Waals surface area contributed by atoms with E-state index in [0.717, 1.165) is 0 Å². The average molecular weight is 174 g/mol. The van der Waals surface area contributed by atoms with Crippen LogP contribution < -0.4 is 0 Å². The van der Waals surface area contributed by atoms with Crippen molar-refractivity contribution in [2.45, 2.75) is 52.4 Å². The van der Waals surface area contributed by atoms with Crippen molar-refractivity contribution in [1.82, 2.24) is 0 Å². The minimum atomic E-state index is 1.23. The van der Waals surface area contributed by atoms with Crippen LogP contribution in [-0.4, -0.2) is 12.3 Å². The molecule has 0 rings (SSSR count). The van der Waals surface area contributed by atoms with Gasteiger partial charge in [0.25, 0.3) is 0 Å². The lowest BCUT2D eigenvalue weighted by molar-refractivity contribution is 0.626. The van der Waals surface area contributed by atoms with Gasteiger partial charge in [0.2, 0.25) is 0 Å². The monoisotopic (exact) mass is 174 g/mol. The predicted molar refractivity (Wildman–Crippen MR) is 57.1 cm³/mol. The summed E-state index contributed by atoms with van der Waals surface area (Å²) in [4.78, 5) is 0. The molecule has 68 valence electrons. The lowest BCUT2D eigenvalue weighted by Crippen LogP contribution is -1.80. The van der Waals surface area contributed by atoms with Gasteiger partial charge < -0.3 is 0 Å². The van der Waals surface area contributed by atoms with Gasteiger partial charge in [0.15, 0.2) is 0 Å². The molecule has 0 amide bonds. The maximum absolute atomic E-state index is 2.29. The summed E-state index contributed by atoms with van der Waals surface area (Å²) >= 11 is 0. The average Bonchev–Trinajstić information content (AvgIpc) is 2.03. The van der Waals surface area contributed by atoms with Crippen LogP contribution in [0.3, 0.4) is 0 Å². The molecular weight excluding hydrogens is 151 g/mol. The second kappa shape index (κ2) is 10.4. The van der Waals surface area contributed by atoms with Crippen LogP contribution in [0.15, 0.2) is 0 Å². The third-order valence-corrected chi connectivity index (χ3v) is 3.16. The molecule has 0 bridgehead atoms. The van der Waals surface area contributed by atoms with Crippen LogP contribution in [0.1, 0.15) is 52.4 Å². The van der Waals surface area contributed by atoms with Crippen LogP contribution in [0, 0.1) is 0 Å². The Balaban J connectivity index is 2.69. The maximum Gasteiger partial charge on any atom is -0.0354 e. The van der Waals surface area contributed by atoms with E-state index in [1.54, 1.807) is 0 Å². The van der Waals surface area contributed by atoms with Crippen LogP contribution in [0.5, 0.6) is 0 Å². The first-order valence-corrected chi connectivity index (χ1v) is 6.54. The van der Waals surface area contributed by atoms with Crippen molar-refractivity contribution in [3.63, 3.8) is 0 Å². The Labute approximate surface area is 73.9 Å². The normalized spacial score (nSPS) is 11.5. The van der Waals surface area contributed by atoms with E-state index in [9.17, 15) is 0 Å². The first-order valence-electron chi connectivity index (χ1n) is 5.12. The summed E-state index contributed by atoms with van der Waals surface area (Å²) in [5, 5.41) is 0. The molecule has 0 heterocycles. The van der Waals surface area contributed by atoms with E-state index in [1.165, 1.54) is 59.4 Å². The molecule has 0 aliphatic carbocycles. The first-order chi connectivity index (χ1) is 5.41. The molecule has 0 saturated heterocycles. The van der Waals surface area contributed by atoms with E-state index in [4.69, 9.17) is 0 Å². The van der Waals surface area contributed by atoms with Gasteiger partial charge in [-0.1, -0.05) is 46.0 Å². The Morgan fingerprint density at radius 3 is 2.09 bits per heavy atom. The molecule has 0 spiro atoms. The van der Waals surface area contributed by atoms with Gasteiger partial charge in [-0.3, -0.25) is 0 Å². The van der Waals surface area contributed by atoms with Crippen molar-refractivity contribution < 1.29 is 0 Å². The zero-order valence-corrected chi connectivity index (χ0v) is 9.16. The summed E-state index contributed by atoms with van der Waals surface area (Å²) < 4.78 is 0. The fourth-order valence-corrected chi connectivity index (χ4v) is 2.06. The highest BCUT2D eigenvalue weighted by molar-refractivity contribution is 7.37. The number of rotatable bonds is 8. The fourth-order valence-electron chi connectivity index (χ4n) is 1.21. The molecule has 0 nitrogen and oxygen atoms in total. The standard InChI is InChI=1S/C10H23P/c1-3-5-6-7-8-9-10-11-4-2/h11H,3-10H2,1-2H3. The predicted octanol–water partition coefficient (Wildman–Crippen LogP) is 4.05. The smallest absolute Gasteiger partial charge is 0.0354 e. The lowest BCUT2D eigenvalue weighted by atomic mass is 10.1. The zero-order chi connectivity index (χ0) is 8.36. The Bertz CT molecular complexity index is 53.9. The lowest BCUT2D eigenvalue weighted by Gasteiger charge is -1.99. The molecule has 0 N–H and O–H groups in total. The van der Waals surface area contributed by atoms with Crippen molar-refractivity contribution >= 4 is 8.58 Å². The van der Waals surface area contributed by atoms with Crippen molar-refractivity contribution in [2.75, 3.05) is 12.3 Å². The Morgan fingerprint density at radius 1 is 0.818 bits per heavy atom. The first kappa shape index (κ1) is 11.4. The van der Waals surface area contributed by atoms with Gasteiger partial charge in [0, 0.05) is 0 Å². The molecule has 0 aliphatic heterocycles. The molecule has 0 radical (unpaired) electrons. The zero-order valence-electron chi connectivity index (χ0n) is 8.16. The van der Waals surface area contributed by atoms with Crippen LogP contribution in [-0.2, 0) is 0 Å². The molecule has 1 heteroatoms. The van der Waals surface area contributed by atoms with Crippen molar-refractivity contribution in [1.29, 1.82) is 0 Å². The third kappa shape index (κ3) is 10.4. The van der Waals surface area contributed by atoms with Gasteiger partial charge in [-0.05, 0) is 18.7 Å². The summed E-state index contributed by atoms with van der Waals surface area (Å²) in [6, 6.07) is 0. The van der Waals surface area contributed by atoms with Crippen LogP contribution in [0.25, 0.3) is 0 Å². The molecule has 1 atom stereocenters. The van der Waals surface area contributed by atoms with Crippen molar-refractivity contribution in [3.8, 4) is 0 Å². The van der Waals surface area contributed by atoms with E-state index in [-0.39, 0.29) is 0 Å². The molecule has 0 aromatic carbocycles. The Kier molecular flexibility index (Phi) is 10.8. The quantitative estimate of drug-likeness (QED) is 0.385. The van der Waals surface area contributed by atoms with Crippen molar-refractivity contribution in [3.05, 3.63) is 0 Å². The van der Waals surface area contributed by atoms with E-state index < -0.39 is 0 Å². The summed E-state index contributed by atoms with van der Waals surface area (Å²) in [6.45, 7) is 4.56. The number of hydrogen-bond acceptors (Lipinski definition) is 0. The molecular formula is C10H23P. The highest BCUT2D eigenvalue weighted by Crippen LogP contribution is 2.13. The Morgan fingerprint density at radius 2 is 1.45 bits per heavy atom. The molecule has 0 aliphatic rings. The molecule has 0 fully saturated rings. The van der Waals surface area contributed by atoms with Gasteiger partial charge in [-0.15, -0.1) is 8.58 Å². The topological polar surface area (TPSA) is 0 Å². The molecule has 0 aromatic rings.